The van der Waals surface area contributed by atoms with Crippen molar-refractivity contribution in [3.8, 4) is 0 Å². The van der Waals surface area contributed by atoms with Gasteiger partial charge in [0.15, 0.2) is 0 Å². The van der Waals surface area contributed by atoms with Crippen LogP contribution >= 0.6 is 0 Å². The first-order chi connectivity index (χ1) is 13.3. The summed E-state index contributed by atoms with van der Waals surface area (Å²) in [7, 11) is 0. The second kappa shape index (κ2) is 7.82. The Morgan fingerprint density at radius 1 is 1.04 bits per heavy atom. The molecule has 3 nitrogen and oxygen atoms in total. The van der Waals surface area contributed by atoms with Gasteiger partial charge in [0.05, 0.1) is 6.54 Å². The lowest BCUT2D eigenvalue weighted by Crippen LogP contribution is -2.64. The number of hydrogen-bond donors (Lipinski definition) is 0. The summed E-state index contributed by atoms with van der Waals surface area (Å²) in [6, 6.07) is 9.07. The van der Waals surface area contributed by atoms with Crippen LogP contribution in [0.25, 0.3) is 0 Å². The Bertz CT molecular complexity index is 671. The molecule has 1 aromatic rings. The molecule has 2 aliphatic heterocycles. The summed E-state index contributed by atoms with van der Waals surface area (Å²) < 4.78 is 0. The largest absolute Gasteiger partial charge is 0.370 e. The van der Waals surface area contributed by atoms with Crippen LogP contribution in [0.4, 0.5) is 5.69 Å². The van der Waals surface area contributed by atoms with Crippen LogP contribution in [0.1, 0.15) is 64.9 Å². The molecule has 0 N–H and O–H groups in total. The molecule has 1 saturated carbocycles. The van der Waals surface area contributed by atoms with Gasteiger partial charge in [0.2, 0.25) is 0 Å². The molecule has 0 aromatic heterocycles. The fourth-order valence-corrected chi connectivity index (χ4v) is 5.61. The highest BCUT2D eigenvalue weighted by molar-refractivity contribution is 5.84. The minimum atomic E-state index is 0.327. The average molecular weight is 383 g/mol. The minimum absolute atomic E-state index is 0.327. The lowest BCUT2D eigenvalue weighted by molar-refractivity contribution is -0.133. The Morgan fingerprint density at radius 3 is 2.18 bits per heavy atom. The van der Waals surface area contributed by atoms with E-state index in [-0.39, 0.29) is 0 Å². The minimum Gasteiger partial charge on any atom is -0.370 e. The molecule has 2 saturated heterocycles. The van der Waals surface area contributed by atoms with E-state index in [2.05, 4.69) is 61.8 Å². The number of ketones is 1. The Labute approximate surface area is 171 Å². The van der Waals surface area contributed by atoms with Gasteiger partial charge in [-0.2, -0.15) is 0 Å². The fourth-order valence-electron chi connectivity index (χ4n) is 5.61. The van der Waals surface area contributed by atoms with Crippen LogP contribution in [0.2, 0.25) is 0 Å². The number of carbonyl (C=O) groups is 1. The van der Waals surface area contributed by atoms with Gasteiger partial charge >= 0.3 is 0 Å². The molecular formula is C25H38N2O. The van der Waals surface area contributed by atoms with E-state index >= 15 is 0 Å². The highest BCUT2D eigenvalue weighted by Gasteiger charge is 2.54. The number of hydrogen-bond acceptors (Lipinski definition) is 3. The molecule has 3 aliphatic rings. The van der Waals surface area contributed by atoms with Crippen LogP contribution in [0.15, 0.2) is 24.3 Å². The van der Waals surface area contributed by atoms with Crippen molar-refractivity contribution in [3.05, 3.63) is 29.8 Å². The average Bonchev–Trinajstić information content (AvgIpc) is 2.60. The Hall–Kier alpha value is -1.35. The molecule has 4 rings (SSSR count). The third-order valence-electron chi connectivity index (χ3n) is 7.75. The van der Waals surface area contributed by atoms with E-state index in [0.717, 1.165) is 50.9 Å². The van der Waals surface area contributed by atoms with Crippen LogP contribution in [0.5, 0.6) is 0 Å². The number of carbonyl (C=O) groups excluding carboxylic acids is 1. The zero-order valence-corrected chi connectivity index (χ0v) is 18.3. The molecule has 1 spiro atoms. The van der Waals surface area contributed by atoms with Crippen molar-refractivity contribution in [2.45, 2.75) is 59.3 Å². The van der Waals surface area contributed by atoms with Crippen LogP contribution in [0, 0.1) is 23.2 Å². The normalized spacial score (nSPS) is 23.3. The molecule has 154 valence electrons. The number of anilines is 1. The van der Waals surface area contributed by atoms with E-state index in [0.29, 0.717) is 29.6 Å². The maximum Gasteiger partial charge on any atom is 0.149 e. The molecule has 1 aliphatic carbocycles. The Balaban J connectivity index is 1.20. The van der Waals surface area contributed by atoms with Gasteiger partial charge in [0, 0.05) is 30.1 Å². The van der Waals surface area contributed by atoms with Crippen molar-refractivity contribution in [2.24, 2.45) is 23.2 Å². The predicted octanol–water partition coefficient (Wildman–Crippen LogP) is 4.96. The van der Waals surface area contributed by atoms with Crippen LogP contribution in [0.3, 0.4) is 0 Å². The third kappa shape index (κ3) is 4.01. The van der Waals surface area contributed by atoms with Crippen molar-refractivity contribution < 1.29 is 4.79 Å². The third-order valence-corrected chi connectivity index (χ3v) is 7.75. The van der Waals surface area contributed by atoms with Gasteiger partial charge < -0.3 is 4.90 Å². The van der Waals surface area contributed by atoms with Crippen molar-refractivity contribution in [3.63, 3.8) is 0 Å². The van der Waals surface area contributed by atoms with Gasteiger partial charge in [-0.05, 0) is 74.2 Å². The van der Waals surface area contributed by atoms with Crippen molar-refractivity contribution >= 4 is 11.5 Å². The lowest BCUT2D eigenvalue weighted by atomic mass is 9.56. The topological polar surface area (TPSA) is 23.6 Å². The molecule has 2 heterocycles. The lowest BCUT2D eigenvalue weighted by Gasteiger charge is -2.59. The van der Waals surface area contributed by atoms with Gasteiger partial charge in [-0.15, -0.1) is 0 Å². The molecule has 0 atom stereocenters. The highest BCUT2D eigenvalue weighted by Crippen LogP contribution is 2.53. The molecule has 1 aromatic carbocycles. The Kier molecular flexibility index (Phi) is 5.57. The van der Waals surface area contributed by atoms with Crippen molar-refractivity contribution in [1.82, 2.24) is 4.90 Å². The summed E-state index contributed by atoms with van der Waals surface area (Å²) in [5.41, 5.74) is 3.19. The number of piperidine rings is 1. The molecule has 3 heteroatoms. The quantitative estimate of drug-likeness (QED) is 0.694. The first-order valence-corrected chi connectivity index (χ1v) is 11.5. The number of likely N-dealkylation sites (tertiary alicyclic amines) is 1. The molecule has 28 heavy (non-hydrogen) atoms. The molecule has 0 unspecified atom stereocenters. The van der Waals surface area contributed by atoms with E-state index in [1.54, 1.807) is 0 Å². The molecule has 3 fully saturated rings. The fraction of sp³-hybridized carbons (Fsp3) is 0.720. The summed E-state index contributed by atoms with van der Waals surface area (Å²) in [5, 5.41) is 0. The SMILES string of the molecule is CC(C)c1ccc(N2CC3(CC(C(=O)CN4CCC(C(C)C)CC4)C3)C2)cc1. The van der Waals surface area contributed by atoms with E-state index in [1.807, 2.05) is 0 Å². The predicted molar refractivity (Wildman–Crippen MR) is 117 cm³/mol. The molecule has 0 radical (unpaired) electrons. The zero-order valence-electron chi connectivity index (χ0n) is 18.3. The first kappa shape index (κ1) is 19.9. The monoisotopic (exact) mass is 382 g/mol. The molecule has 0 amide bonds. The number of rotatable bonds is 6. The van der Waals surface area contributed by atoms with Gasteiger partial charge in [-0.3, -0.25) is 9.69 Å². The van der Waals surface area contributed by atoms with Gasteiger partial charge in [0.1, 0.15) is 5.78 Å². The van der Waals surface area contributed by atoms with Gasteiger partial charge in [-0.25, -0.2) is 0 Å². The van der Waals surface area contributed by atoms with Crippen LogP contribution in [-0.4, -0.2) is 43.4 Å². The number of nitrogens with zero attached hydrogens (tertiary/aromatic N) is 2. The van der Waals surface area contributed by atoms with E-state index in [9.17, 15) is 4.79 Å². The van der Waals surface area contributed by atoms with Crippen LogP contribution in [-0.2, 0) is 4.79 Å². The maximum atomic E-state index is 12.7. The summed E-state index contributed by atoms with van der Waals surface area (Å²) >= 11 is 0. The standard InChI is InChI=1S/C25H38N2O/c1-18(2)20-5-7-23(8-6-20)27-16-25(17-27)13-22(14-25)24(28)15-26-11-9-21(10-12-26)19(3)4/h5-8,18-19,21-22H,9-17H2,1-4H3. The van der Waals surface area contributed by atoms with E-state index < -0.39 is 0 Å². The summed E-state index contributed by atoms with van der Waals surface area (Å²) in [6.45, 7) is 14.4. The molecular weight excluding hydrogens is 344 g/mol. The highest BCUT2D eigenvalue weighted by atomic mass is 16.1. The van der Waals surface area contributed by atoms with Gasteiger partial charge in [-0.1, -0.05) is 39.8 Å². The smallest absolute Gasteiger partial charge is 0.149 e. The van der Waals surface area contributed by atoms with E-state index in [4.69, 9.17) is 0 Å². The summed E-state index contributed by atoms with van der Waals surface area (Å²) in [5.74, 6) is 3.06. The first-order valence-electron chi connectivity index (χ1n) is 11.5. The zero-order chi connectivity index (χ0) is 19.9. The Morgan fingerprint density at radius 2 is 1.64 bits per heavy atom. The van der Waals surface area contributed by atoms with Gasteiger partial charge in [0.25, 0.3) is 0 Å². The second-order valence-electron chi connectivity index (χ2n) is 10.5. The summed E-state index contributed by atoms with van der Waals surface area (Å²) in [6.07, 6.45) is 4.78. The van der Waals surface area contributed by atoms with E-state index in [1.165, 1.54) is 24.1 Å². The molecule has 0 bridgehead atoms. The van der Waals surface area contributed by atoms with Crippen molar-refractivity contribution in [2.75, 3.05) is 37.6 Å². The second-order valence-corrected chi connectivity index (χ2v) is 10.5. The van der Waals surface area contributed by atoms with Crippen LogP contribution < -0.4 is 4.90 Å². The summed E-state index contributed by atoms with van der Waals surface area (Å²) in [4.78, 5) is 17.6. The maximum absolute atomic E-state index is 12.7. The number of benzene rings is 1. The van der Waals surface area contributed by atoms with Crippen molar-refractivity contribution in [1.29, 1.82) is 0 Å². The number of Topliss-reactive ketones (excluding diaryl/α,β-unsaturated/α-hetero) is 1.